The maximum absolute atomic E-state index is 12.4. The molecule has 0 unspecified atom stereocenters. The molecule has 13 nitrogen and oxygen atoms in total. The maximum Gasteiger partial charge on any atom is 0.277 e. The summed E-state index contributed by atoms with van der Waals surface area (Å²) in [5.41, 5.74) is 4.28. The molecule has 3 N–H and O–H groups in total. The number of nitro groups is 3. The van der Waals surface area contributed by atoms with Gasteiger partial charge in [0.15, 0.2) is 0 Å². The molecule has 0 spiro atoms. The van der Waals surface area contributed by atoms with Crippen molar-refractivity contribution in [1.29, 1.82) is 0 Å². The van der Waals surface area contributed by atoms with Crippen LogP contribution in [-0.4, -0.2) is 34.7 Å². The summed E-state index contributed by atoms with van der Waals surface area (Å²) in [6, 6.07) is 22.9. The number of hydrogen-bond acceptors (Lipinski definition) is 7. The van der Waals surface area contributed by atoms with E-state index in [4.69, 9.17) is 39.8 Å². The minimum absolute atomic E-state index is 0.148. The van der Waals surface area contributed by atoms with Gasteiger partial charge in [-0.3, -0.25) is 30.3 Å². The van der Waals surface area contributed by atoms with Gasteiger partial charge in [0.05, 0.1) is 48.4 Å². The van der Waals surface area contributed by atoms with Crippen LogP contribution in [0.25, 0.3) is 78.6 Å². The third-order valence-corrected chi connectivity index (χ3v) is 9.56. The second-order valence-electron chi connectivity index (χ2n) is 12.0. The largest absolute Gasteiger partial charge is 0.354 e. The van der Waals surface area contributed by atoms with Crippen LogP contribution < -0.4 is 0 Å². The first-order valence-electron chi connectivity index (χ1n) is 15.6. The number of nitrogens with zero attached hydrogens (tertiary/aromatic N) is 4. The number of rotatable bonds is 6. The number of benzene rings is 3. The van der Waals surface area contributed by atoms with Crippen molar-refractivity contribution in [1.82, 2.24) is 19.9 Å². The van der Waals surface area contributed by atoms with Crippen molar-refractivity contribution in [2.45, 2.75) is 0 Å². The molecular formula is C37H20Cl3N7O6. The Kier molecular flexibility index (Phi) is 8.18. The van der Waals surface area contributed by atoms with Crippen LogP contribution in [0.2, 0.25) is 15.1 Å². The predicted molar refractivity (Wildman–Crippen MR) is 206 cm³/mol. The number of fused-ring (bicyclic) bond motifs is 9. The van der Waals surface area contributed by atoms with Crippen molar-refractivity contribution in [3.63, 3.8) is 0 Å². The average molecular weight is 765 g/mol. The summed E-state index contributed by atoms with van der Waals surface area (Å²) in [5.74, 6) is 0. The quantitative estimate of drug-likeness (QED) is 0.111. The van der Waals surface area contributed by atoms with Crippen LogP contribution in [0, 0.1) is 30.3 Å². The second kappa shape index (κ2) is 12.9. The lowest BCUT2D eigenvalue weighted by Crippen LogP contribution is -1.94. The van der Waals surface area contributed by atoms with Gasteiger partial charge in [0, 0.05) is 77.5 Å². The fraction of sp³-hybridized carbons (Fsp3) is 0. The normalized spacial score (nSPS) is 11.7. The number of aromatic amines is 3. The standard InChI is InChI=1S/C37H20Cl3N7O6/c38-18-1-12-32(45(48)49)21(15-18)35-26-6-4-24(41-26)25-5-7-27(42-25)36(22-16-19(39)2-13-33(22)46(50)51)29-9-11-31(44-29)37(30-10-8-28(35)43-30)23-17-20(40)3-14-34(23)47(52)53/h1-17,41,43-44H. The second-order valence-corrected chi connectivity index (χ2v) is 13.3. The van der Waals surface area contributed by atoms with Crippen molar-refractivity contribution >= 4 is 97.1 Å². The van der Waals surface area contributed by atoms with E-state index in [1.165, 1.54) is 54.6 Å². The molecule has 3 aromatic carbocycles. The van der Waals surface area contributed by atoms with Gasteiger partial charge in [0.2, 0.25) is 0 Å². The van der Waals surface area contributed by atoms with E-state index in [1.54, 1.807) is 48.6 Å². The topological polar surface area (TPSA) is 190 Å². The molecule has 53 heavy (non-hydrogen) atoms. The number of hydrogen-bond donors (Lipinski definition) is 3. The summed E-state index contributed by atoms with van der Waals surface area (Å²) in [6.45, 7) is 0. The highest BCUT2D eigenvalue weighted by atomic mass is 35.5. The van der Waals surface area contributed by atoms with Gasteiger partial charge in [-0.25, -0.2) is 4.98 Å². The van der Waals surface area contributed by atoms with E-state index in [-0.39, 0.29) is 48.8 Å². The van der Waals surface area contributed by atoms with Crippen molar-refractivity contribution in [2.24, 2.45) is 0 Å². The molecule has 5 heterocycles. The Balaban J connectivity index is 1.62. The molecule has 7 aromatic rings. The smallest absolute Gasteiger partial charge is 0.277 e. The molecule has 1 aliphatic rings. The van der Waals surface area contributed by atoms with Crippen molar-refractivity contribution in [3.05, 3.63) is 148 Å². The summed E-state index contributed by atoms with van der Waals surface area (Å²) in [7, 11) is 0. The minimum atomic E-state index is -0.530. The first-order chi connectivity index (χ1) is 25.5. The number of halogens is 3. The minimum Gasteiger partial charge on any atom is -0.354 e. The zero-order valence-corrected chi connectivity index (χ0v) is 29.0. The zero-order chi connectivity index (χ0) is 37.1. The Morgan fingerprint density at radius 3 is 1.15 bits per heavy atom. The van der Waals surface area contributed by atoms with Gasteiger partial charge in [-0.15, -0.1) is 0 Å². The highest BCUT2D eigenvalue weighted by Gasteiger charge is 2.25. The van der Waals surface area contributed by atoms with E-state index >= 15 is 0 Å². The van der Waals surface area contributed by atoms with Gasteiger partial charge in [-0.05, 0) is 84.9 Å². The molecule has 260 valence electrons. The summed E-state index contributed by atoms with van der Waals surface area (Å²) >= 11 is 19.3. The van der Waals surface area contributed by atoms with Gasteiger partial charge < -0.3 is 15.0 Å². The fourth-order valence-corrected chi connectivity index (χ4v) is 7.13. The molecule has 0 radical (unpaired) electrons. The van der Waals surface area contributed by atoms with E-state index in [2.05, 4.69) is 15.0 Å². The Morgan fingerprint density at radius 2 is 0.755 bits per heavy atom. The zero-order valence-electron chi connectivity index (χ0n) is 26.7. The molecule has 0 fully saturated rings. The third kappa shape index (κ3) is 5.92. The Morgan fingerprint density at radius 1 is 0.434 bits per heavy atom. The van der Waals surface area contributed by atoms with Gasteiger partial charge in [-0.1, -0.05) is 34.8 Å². The third-order valence-electron chi connectivity index (χ3n) is 8.85. The van der Waals surface area contributed by atoms with Crippen molar-refractivity contribution in [2.75, 3.05) is 0 Å². The summed E-state index contributed by atoms with van der Waals surface area (Å²) in [5, 5.41) is 37.8. The lowest BCUT2D eigenvalue weighted by atomic mass is 10.0. The first kappa shape index (κ1) is 33.6. The molecule has 8 rings (SSSR count). The van der Waals surface area contributed by atoms with Crippen LogP contribution in [-0.2, 0) is 0 Å². The van der Waals surface area contributed by atoms with Crippen LogP contribution in [0.15, 0.2) is 91.0 Å². The molecule has 4 aromatic heterocycles. The molecule has 0 saturated heterocycles. The lowest BCUT2D eigenvalue weighted by Gasteiger charge is -2.07. The molecular weight excluding hydrogens is 745 g/mol. The Bertz CT molecular complexity index is 2890. The van der Waals surface area contributed by atoms with Crippen LogP contribution >= 0.6 is 34.8 Å². The van der Waals surface area contributed by atoms with Gasteiger partial charge >= 0.3 is 0 Å². The Labute approximate surface area is 311 Å². The number of aromatic nitrogens is 4. The van der Waals surface area contributed by atoms with Crippen molar-refractivity contribution < 1.29 is 14.8 Å². The summed E-state index contributed by atoms with van der Waals surface area (Å²) < 4.78 is 0. The molecule has 1 aliphatic heterocycles. The molecule has 0 aliphatic carbocycles. The SMILES string of the molecule is O=[N+]([O-])c1ccc(Cl)cc1-c1c2nc(c3ccc([nH]3)c(-c3cc(Cl)ccc3[N+](=O)[O-])c3ccc([nH]3)c(-c3cc(Cl)ccc3[N+](=O)[O-])c3ccc1[nH]3)C=C2. The van der Waals surface area contributed by atoms with Crippen LogP contribution in [0.1, 0.15) is 11.4 Å². The van der Waals surface area contributed by atoms with E-state index in [0.29, 0.717) is 61.2 Å². The average Bonchev–Trinajstić information content (AvgIpc) is 3.94. The van der Waals surface area contributed by atoms with Crippen LogP contribution in [0.5, 0.6) is 0 Å². The summed E-state index contributed by atoms with van der Waals surface area (Å²) in [6.07, 6.45) is 3.44. The van der Waals surface area contributed by atoms with Crippen molar-refractivity contribution in [3.8, 4) is 33.4 Å². The lowest BCUT2D eigenvalue weighted by molar-refractivity contribution is -0.384. The maximum atomic E-state index is 12.4. The highest BCUT2D eigenvalue weighted by Crippen LogP contribution is 2.42. The number of nitrogens with one attached hydrogen (secondary N) is 3. The molecule has 8 bridgehead atoms. The molecule has 0 atom stereocenters. The molecule has 0 amide bonds. The Hall–Kier alpha value is -6.54. The predicted octanol–water partition coefficient (Wildman–Crippen LogP) is 11.4. The number of nitro benzene ring substituents is 3. The van der Waals surface area contributed by atoms with E-state index in [0.717, 1.165) is 0 Å². The van der Waals surface area contributed by atoms with E-state index < -0.39 is 14.8 Å². The summed E-state index contributed by atoms with van der Waals surface area (Å²) in [4.78, 5) is 50.4. The van der Waals surface area contributed by atoms with Gasteiger partial charge in [0.25, 0.3) is 17.1 Å². The fourth-order valence-electron chi connectivity index (χ4n) is 6.61. The van der Waals surface area contributed by atoms with Gasteiger partial charge in [0.1, 0.15) is 0 Å². The van der Waals surface area contributed by atoms with Gasteiger partial charge in [-0.2, -0.15) is 0 Å². The highest BCUT2D eigenvalue weighted by molar-refractivity contribution is 6.32. The van der Waals surface area contributed by atoms with Crippen LogP contribution in [0.3, 0.4) is 0 Å². The van der Waals surface area contributed by atoms with E-state index in [9.17, 15) is 30.3 Å². The molecule has 16 heteroatoms. The monoisotopic (exact) mass is 763 g/mol. The first-order valence-corrected chi connectivity index (χ1v) is 16.8. The molecule has 0 saturated carbocycles. The van der Waals surface area contributed by atoms with E-state index in [1.807, 2.05) is 0 Å². The number of H-pyrrole nitrogens is 3. The van der Waals surface area contributed by atoms with Crippen LogP contribution in [0.4, 0.5) is 17.1 Å².